The lowest BCUT2D eigenvalue weighted by Gasteiger charge is -2.44. The van der Waals surface area contributed by atoms with Crippen LogP contribution in [0.4, 0.5) is 0 Å². The van der Waals surface area contributed by atoms with Crippen molar-refractivity contribution in [2.75, 3.05) is 26.2 Å². The first kappa shape index (κ1) is 18.4. The van der Waals surface area contributed by atoms with Crippen molar-refractivity contribution in [2.24, 2.45) is 11.1 Å². The molecule has 0 radical (unpaired) electrons. The summed E-state index contributed by atoms with van der Waals surface area (Å²) in [7, 11) is -3.40. The van der Waals surface area contributed by atoms with Crippen LogP contribution >= 0.6 is 0 Å². The third kappa shape index (κ3) is 3.44. The molecule has 4 rings (SSSR count). The zero-order chi connectivity index (χ0) is 18.2. The highest BCUT2D eigenvalue weighted by Crippen LogP contribution is 2.45. The molecule has 1 saturated carbocycles. The molecule has 6 heteroatoms. The lowest BCUT2D eigenvalue weighted by atomic mass is 9.68. The summed E-state index contributed by atoms with van der Waals surface area (Å²) in [5, 5.41) is 0. The number of rotatable bonds is 3. The minimum absolute atomic E-state index is 0.0838. The molecule has 0 unspecified atom stereocenters. The average Bonchev–Trinajstić information content (AvgIpc) is 3.06. The molecule has 1 spiro atoms. The largest absolute Gasteiger partial charge is 0.326 e. The van der Waals surface area contributed by atoms with E-state index in [1.165, 1.54) is 32.1 Å². The molecule has 26 heavy (non-hydrogen) atoms. The average molecular weight is 378 g/mol. The van der Waals surface area contributed by atoms with Crippen molar-refractivity contribution in [3.8, 4) is 0 Å². The molecule has 2 heterocycles. The van der Waals surface area contributed by atoms with Gasteiger partial charge in [0.05, 0.1) is 0 Å². The van der Waals surface area contributed by atoms with Crippen LogP contribution in [0.15, 0.2) is 30.3 Å². The van der Waals surface area contributed by atoms with Gasteiger partial charge in [-0.25, -0.2) is 0 Å². The fraction of sp³-hybridized carbons (Fsp3) is 0.700. The van der Waals surface area contributed by atoms with Crippen LogP contribution in [0.1, 0.15) is 56.4 Å². The van der Waals surface area contributed by atoms with E-state index in [4.69, 9.17) is 5.73 Å². The van der Waals surface area contributed by atoms with Crippen LogP contribution in [0, 0.1) is 5.41 Å². The summed E-state index contributed by atoms with van der Waals surface area (Å²) in [5.41, 5.74) is 7.87. The third-order valence-corrected chi connectivity index (χ3v) is 8.88. The van der Waals surface area contributed by atoms with Crippen molar-refractivity contribution in [3.63, 3.8) is 0 Å². The van der Waals surface area contributed by atoms with E-state index in [-0.39, 0.29) is 12.0 Å². The lowest BCUT2D eigenvalue weighted by Crippen LogP contribution is -2.49. The molecule has 5 nitrogen and oxygen atoms in total. The molecule has 2 atom stereocenters. The topological polar surface area (TPSA) is 66.6 Å². The van der Waals surface area contributed by atoms with Crippen molar-refractivity contribution in [1.82, 2.24) is 8.61 Å². The van der Waals surface area contributed by atoms with Crippen molar-refractivity contribution < 1.29 is 8.42 Å². The van der Waals surface area contributed by atoms with Gasteiger partial charge in [0.2, 0.25) is 0 Å². The zero-order valence-corrected chi connectivity index (χ0v) is 16.3. The second-order valence-corrected chi connectivity index (χ2v) is 10.4. The van der Waals surface area contributed by atoms with Gasteiger partial charge in [0.15, 0.2) is 0 Å². The standard InChI is InChI=1S/C20H31N3O2S/c21-19-16-23(15-18(19)17-7-3-1-4-8-17)26(24,25)22-13-11-20(12-14-22)9-5-2-6-10-20/h1,3-4,7-8,18-19H,2,5-6,9-16,21H2/t18-,19+/m0/s1. The number of nitrogens with zero attached hydrogens (tertiary/aromatic N) is 2. The molecular formula is C20H31N3O2S. The molecule has 0 amide bonds. The van der Waals surface area contributed by atoms with Crippen LogP contribution in [0.5, 0.6) is 0 Å². The van der Waals surface area contributed by atoms with Crippen LogP contribution in [-0.4, -0.2) is 49.2 Å². The third-order valence-electron chi connectivity index (χ3n) is 6.91. The van der Waals surface area contributed by atoms with Gasteiger partial charge in [-0.1, -0.05) is 49.6 Å². The molecule has 2 N–H and O–H groups in total. The Morgan fingerprint density at radius 2 is 1.54 bits per heavy atom. The van der Waals surface area contributed by atoms with Crippen LogP contribution in [0.3, 0.4) is 0 Å². The maximum Gasteiger partial charge on any atom is 0.282 e. The fourth-order valence-electron chi connectivity index (χ4n) is 5.19. The minimum Gasteiger partial charge on any atom is -0.326 e. The molecule has 1 aromatic rings. The summed E-state index contributed by atoms with van der Waals surface area (Å²) in [6.45, 7) is 2.26. The molecule has 1 aromatic carbocycles. The monoisotopic (exact) mass is 377 g/mol. The molecule has 2 aliphatic heterocycles. The lowest BCUT2D eigenvalue weighted by molar-refractivity contribution is 0.0998. The number of benzene rings is 1. The molecular weight excluding hydrogens is 346 g/mol. The number of nitrogens with two attached hydrogens (primary N) is 1. The fourth-order valence-corrected chi connectivity index (χ4v) is 6.87. The minimum atomic E-state index is -3.40. The molecule has 144 valence electrons. The van der Waals surface area contributed by atoms with E-state index in [1.807, 2.05) is 30.3 Å². The van der Waals surface area contributed by atoms with Gasteiger partial charge < -0.3 is 5.73 Å². The van der Waals surface area contributed by atoms with Gasteiger partial charge in [0, 0.05) is 38.1 Å². The van der Waals surface area contributed by atoms with Crippen LogP contribution in [-0.2, 0) is 10.2 Å². The summed E-state index contributed by atoms with van der Waals surface area (Å²) >= 11 is 0. The number of hydrogen-bond donors (Lipinski definition) is 1. The molecule has 1 aliphatic carbocycles. The predicted molar refractivity (Wildman–Crippen MR) is 104 cm³/mol. The summed E-state index contributed by atoms with van der Waals surface area (Å²) in [4.78, 5) is 0. The maximum absolute atomic E-state index is 13.2. The Kier molecular flexibility index (Phi) is 5.12. The highest BCUT2D eigenvalue weighted by molar-refractivity contribution is 7.86. The summed E-state index contributed by atoms with van der Waals surface area (Å²) in [6, 6.07) is 9.93. The Morgan fingerprint density at radius 3 is 2.19 bits per heavy atom. The van der Waals surface area contributed by atoms with Crippen molar-refractivity contribution in [2.45, 2.75) is 56.9 Å². The summed E-state index contributed by atoms with van der Waals surface area (Å²) in [6.07, 6.45) is 8.58. The predicted octanol–water partition coefficient (Wildman–Crippen LogP) is 2.70. The Labute approximate surface area is 157 Å². The quantitative estimate of drug-likeness (QED) is 0.881. The second-order valence-electron chi connectivity index (χ2n) is 8.47. The van der Waals surface area contributed by atoms with Crippen molar-refractivity contribution in [1.29, 1.82) is 0 Å². The van der Waals surface area contributed by atoms with E-state index in [9.17, 15) is 8.42 Å². The maximum atomic E-state index is 13.2. The first-order chi connectivity index (χ1) is 12.5. The Bertz CT molecular complexity index is 706. The Balaban J connectivity index is 1.43. The Hall–Kier alpha value is -0.950. The SMILES string of the molecule is N[C@@H]1CN(S(=O)(=O)N2CCC3(CCCCC3)CC2)C[C@H]1c1ccccc1. The van der Waals surface area contributed by atoms with Crippen molar-refractivity contribution in [3.05, 3.63) is 35.9 Å². The van der Waals surface area contributed by atoms with Gasteiger partial charge in [-0.15, -0.1) is 0 Å². The van der Waals surface area contributed by atoms with Crippen molar-refractivity contribution >= 4 is 10.2 Å². The molecule has 0 bridgehead atoms. The first-order valence-corrected chi connectivity index (χ1v) is 11.5. The van der Waals surface area contributed by atoms with Gasteiger partial charge >= 0.3 is 0 Å². The van der Waals surface area contributed by atoms with Gasteiger partial charge in [0.25, 0.3) is 10.2 Å². The molecule has 0 aromatic heterocycles. The van der Waals surface area contributed by atoms with Crippen LogP contribution in [0.25, 0.3) is 0 Å². The van der Waals surface area contributed by atoms with Gasteiger partial charge in [-0.2, -0.15) is 17.0 Å². The molecule has 3 fully saturated rings. The number of piperidine rings is 1. The van der Waals surface area contributed by atoms with E-state index in [1.54, 1.807) is 8.61 Å². The highest BCUT2D eigenvalue weighted by atomic mass is 32.2. The van der Waals surface area contributed by atoms with E-state index in [0.29, 0.717) is 31.6 Å². The summed E-state index contributed by atoms with van der Waals surface area (Å²) in [5.74, 6) is 0.0838. The van der Waals surface area contributed by atoms with E-state index >= 15 is 0 Å². The molecule has 2 saturated heterocycles. The van der Waals surface area contributed by atoms with E-state index in [2.05, 4.69) is 0 Å². The normalized spacial score (nSPS) is 30.7. The Morgan fingerprint density at radius 1 is 0.885 bits per heavy atom. The van der Waals surface area contributed by atoms with E-state index < -0.39 is 10.2 Å². The van der Waals surface area contributed by atoms with Crippen LogP contribution < -0.4 is 5.73 Å². The van der Waals surface area contributed by atoms with Gasteiger partial charge in [-0.05, 0) is 36.7 Å². The highest BCUT2D eigenvalue weighted by Gasteiger charge is 2.43. The summed E-state index contributed by atoms with van der Waals surface area (Å²) < 4.78 is 29.7. The first-order valence-electron chi connectivity index (χ1n) is 10.1. The van der Waals surface area contributed by atoms with Gasteiger partial charge in [0.1, 0.15) is 0 Å². The molecule has 3 aliphatic rings. The zero-order valence-electron chi connectivity index (χ0n) is 15.5. The second kappa shape index (κ2) is 7.23. The van der Waals surface area contributed by atoms with Gasteiger partial charge in [-0.3, -0.25) is 0 Å². The smallest absolute Gasteiger partial charge is 0.282 e. The number of hydrogen-bond acceptors (Lipinski definition) is 3. The van der Waals surface area contributed by atoms with Crippen LogP contribution in [0.2, 0.25) is 0 Å². The van der Waals surface area contributed by atoms with E-state index in [0.717, 1.165) is 18.4 Å².